The molecule has 0 spiro atoms. The van der Waals surface area contributed by atoms with E-state index in [0.717, 1.165) is 34.6 Å². The molecule has 1 aliphatic rings. The molecule has 0 atom stereocenters. The normalized spacial score (nSPS) is 17.2. The van der Waals surface area contributed by atoms with E-state index in [0.29, 0.717) is 6.42 Å². The Morgan fingerprint density at radius 2 is 2.24 bits per heavy atom. The van der Waals surface area contributed by atoms with Crippen LogP contribution in [-0.4, -0.2) is 31.6 Å². The van der Waals surface area contributed by atoms with Gasteiger partial charge in [0.2, 0.25) is 0 Å². The molecule has 0 aromatic carbocycles. The van der Waals surface area contributed by atoms with Gasteiger partial charge >= 0.3 is 0 Å². The topological polar surface area (TPSA) is 38.3 Å². The van der Waals surface area contributed by atoms with Crippen LogP contribution in [0.3, 0.4) is 0 Å². The van der Waals surface area contributed by atoms with Gasteiger partial charge < -0.3 is 10.1 Å². The third-order valence-electron chi connectivity index (χ3n) is 2.77. The van der Waals surface area contributed by atoms with Gasteiger partial charge in [-0.25, -0.2) is 0 Å². The van der Waals surface area contributed by atoms with E-state index in [1.165, 1.54) is 0 Å². The predicted octanol–water partition coefficient (Wildman–Crippen LogP) is 2.39. The van der Waals surface area contributed by atoms with Crippen LogP contribution in [0.2, 0.25) is 0 Å². The number of halogens is 1. The first-order valence-electron chi connectivity index (χ1n) is 5.82. The average Bonchev–Trinajstić information content (AvgIpc) is 2.73. The van der Waals surface area contributed by atoms with Crippen molar-refractivity contribution in [3.8, 4) is 0 Å². The van der Waals surface area contributed by atoms with Gasteiger partial charge in [-0.15, -0.1) is 11.3 Å². The molecular weight excluding hydrogens is 302 g/mol. The van der Waals surface area contributed by atoms with E-state index in [2.05, 4.69) is 21.2 Å². The summed E-state index contributed by atoms with van der Waals surface area (Å²) < 4.78 is 6.70. The van der Waals surface area contributed by atoms with Gasteiger partial charge in [-0.2, -0.15) is 0 Å². The van der Waals surface area contributed by atoms with Crippen LogP contribution in [0.4, 0.5) is 0 Å². The number of carbonyl (C=O) groups excluding carboxylic acids is 1. The lowest BCUT2D eigenvalue weighted by molar-refractivity contribution is -0.125. The third kappa shape index (κ3) is 4.50. The van der Waals surface area contributed by atoms with Crippen LogP contribution in [0.25, 0.3) is 0 Å². The quantitative estimate of drug-likeness (QED) is 0.906. The van der Waals surface area contributed by atoms with Crippen molar-refractivity contribution in [1.29, 1.82) is 0 Å². The molecule has 5 heteroatoms. The van der Waals surface area contributed by atoms with E-state index in [-0.39, 0.29) is 18.5 Å². The summed E-state index contributed by atoms with van der Waals surface area (Å²) in [6, 6.07) is 3.96. The predicted molar refractivity (Wildman–Crippen MR) is 72.6 cm³/mol. The van der Waals surface area contributed by atoms with Gasteiger partial charge in [0.15, 0.2) is 5.78 Å². The molecule has 1 aromatic rings. The highest BCUT2D eigenvalue weighted by Crippen LogP contribution is 2.22. The first-order valence-corrected chi connectivity index (χ1v) is 7.43. The highest BCUT2D eigenvalue weighted by molar-refractivity contribution is 9.11. The molecule has 2 heterocycles. The fourth-order valence-electron chi connectivity index (χ4n) is 1.87. The summed E-state index contributed by atoms with van der Waals surface area (Å²) in [6.07, 6.45) is 2.77. The standard InChI is InChI=1S/C12H16BrNO2S/c13-12-2-1-11(17-12)7-9(15)8-16-10-3-5-14-6-4-10/h1-2,10,14H,3-8H2. The van der Waals surface area contributed by atoms with E-state index in [4.69, 9.17) is 4.74 Å². The smallest absolute Gasteiger partial charge is 0.163 e. The molecule has 0 aliphatic carbocycles. The summed E-state index contributed by atoms with van der Waals surface area (Å²) in [5, 5.41) is 3.28. The number of nitrogens with one attached hydrogen (secondary N) is 1. The number of hydrogen-bond donors (Lipinski definition) is 1. The number of piperidine rings is 1. The van der Waals surface area contributed by atoms with Crippen LogP contribution in [0.5, 0.6) is 0 Å². The van der Waals surface area contributed by atoms with Crippen LogP contribution in [0.15, 0.2) is 15.9 Å². The van der Waals surface area contributed by atoms with Gasteiger partial charge in [-0.3, -0.25) is 4.79 Å². The zero-order valence-corrected chi connectivity index (χ0v) is 12.0. The van der Waals surface area contributed by atoms with Crippen molar-refractivity contribution in [2.45, 2.75) is 25.4 Å². The minimum atomic E-state index is 0.165. The Morgan fingerprint density at radius 3 is 2.88 bits per heavy atom. The number of rotatable bonds is 5. The van der Waals surface area contributed by atoms with E-state index < -0.39 is 0 Å². The first kappa shape index (κ1) is 13.2. The molecule has 17 heavy (non-hydrogen) atoms. The molecule has 3 nitrogen and oxygen atoms in total. The average molecular weight is 318 g/mol. The number of ether oxygens (including phenoxy) is 1. The van der Waals surface area contributed by atoms with E-state index in [1.807, 2.05) is 12.1 Å². The summed E-state index contributed by atoms with van der Waals surface area (Å²) in [5.41, 5.74) is 0. The van der Waals surface area contributed by atoms with Gasteiger partial charge in [-0.05, 0) is 54.0 Å². The summed E-state index contributed by atoms with van der Waals surface area (Å²) >= 11 is 5.00. The molecule has 2 rings (SSSR count). The van der Waals surface area contributed by atoms with Crippen LogP contribution in [-0.2, 0) is 16.0 Å². The van der Waals surface area contributed by atoms with Crippen molar-refractivity contribution in [3.63, 3.8) is 0 Å². The molecule has 0 bridgehead atoms. The van der Waals surface area contributed by atoms with E-state index in [9.17, 15) is 4.79 Å². The second kappa shape index (κ2) is 6.64. The molecule has 1 aliphatic heterocycles. The lowest BCUT2D eigenvalue weighted by Gasteiger charge is -2.22. The Bertz CT molecular complexity index is 374. The maximum atomic E-state index is 11.7. The van der Waals surface area contributed by atoms with Crippen LogP contribution in [0, 0.1) is 0 Å². The first-order chi connectivity index (χ1) is 8.24. The molecule has 1 N–H and O–H groups in total. The Balaban J connectivity index is 1.70. The number of carbonyl (C=O) groups is 1. The SMILES string of the molecule is O=C(COC1CCNCC1)Cc1ccc(Br)s1. The van der Waals surface area contributed by atoms with Crippen LogP contribution < -0.4 is 5.32 Å². The summed E-state index contributed by atoms with van der Waals surface area (Å²) in [6.45, 7) is 2.24. The van der Waals surface area contributed by atoms with Gasteiger partial charge in [-0.1, -0.05) is 0 Å². The zero-order valence-electron chi connectivity index (χ0n) is 9.58. The van der Waals surface area contributed by atoms with Crippen molar-refractivity contribution in [2.75, 3.05) is 19.7 Å². The molecule has 0 amide bonds. The maximum absolute atomic E-state index is 11.7. The van der Waals surface area contributed by atoms with Crippen molar-refractivity contribution < 1.29 is 9.53 Å². The Kier molecular flexibility index (Phi) is 5.16. The van der Waals surface area contributed by atoms with E-state index in [1.54, 1.807) is 11.3 Å². The Hall–Kier alpha value is -0.230. The molecule has 1 aromatic heterocycles. The Labute approximate surface area is 114 Å². The molecule has 94 valence electrons. The summed E-state index contributed by atoms with van der Waals surface area (Å²) in [4.78, 5) is 12.8. The maximum Gasteiger partial charge on any atom is 0.163 e. The number of thiophene rings is 1. The molecule has 0 radical (unpaired) electrons. The lowest BCUT2D eigenvalue weighted by atomic mass is 10.1. The van der Waals surface area contributed by atoms with Gasteiger partial charge in [0.05, 0.1) is 9.89 Å². The summed E-state index contributed by atoms with van der Waals surface area (Å²) in [5.74, 6) is 0.165. The van der Waals surface area contributed by atoms with Crippen LogP contribution in [0.1, 0.15) is 17.7 Å². The number of hydrogen-bond acceptors (Lipinski definition) is 4. The monoisotopic (exact) mass is 317 g/mol. The minimum absolute atomic E-state index is 0.165. The molecule has 1 saturated heterocycles. The van der Waals surface area contributed by atoms with Crippen molar-refractivity contribution in [1.82, 2.24) is 5.32 Å². The highest BCUT2D eigenvalue weighted by atomic mass is 79.9. The van der Waals surface area contributed by atoms with Crippen molar-refractivity contribution in [2.24, 2.45) is 0 Å². The Morgan fingerprint density at radius 1 is 1.47 bits per heavy atom. The number of ketones is 1. The minimum Gasteiger partial charge on any atom is -0.370 e. The third-order valence-corrected chi connectivity index (χ3v) is 4.39. The van der Waals surface area contributed by atoms with Crippen molar-refractivity contribution >= 4 is 33.0 Å². The van der Waals surface area contributed by atoms with Gasteiger partial charge in [0.1, 0.15) is 6.61 Å². The molecular formula is C12H16BrNO2S. The molecule has 1 fully saturated rings. The fraction of sp³-hybridized carbons (Fsp3) is 0.583. The lowest BCUT2D eigenvalue weighted by Crippen LogP contribution is -2.33. The summed E-state index contributed by atoms with van der Waals surface area (Å²) in [7, 11) is 0. The second-order valence-corrected chi connectivity index (χ2v) is 6.73. The zero-order chi connectivity index (χ0) is 12.1. The second-order valence-electron chi connectivity index (χ2n) is 4.18. The largest absolute Gasteiger partial charge is 0.370 e. The fourth-order valence-corrected chi connectivity index (χ4v) is 3.38. The molecule has 0 saturated carbocycles. The number of Topliss-reactive ketones (excluding diaryl/α,β-unsaturated/α-hetero) is 1. The van der Waals surface area contributed by atoms with E-state index >= 15 is 0 Å². The molecule has 0 unspecified atom stereocenters. The van der Waals surface area contributed by atoms with Crippen molar-refractivity contribution in [3.05, 3.63) is 20.8 Å². The van der Waals surface area contributed by atoms with Gasteiger partial charge in [0, 0.05) is 11.3 Å². The van der Waals surface area contributed by atoms with Gasteiger partial charge in [0.25, 0.3) is 0 Å². The highest BCUT2D eigenvalue weighted by Gasteiger charge is 2.15. The van der Waals surface area contributed by atoms with Crippen LogP contribution >= 0.6 is 27.3 Å².